The van der Waals surface area contributed by atoms with Crippen LogP contribution in [0.5, 0.6) is 0 Å². The number of esters is 1. The summed E-state index contributed by atoms with van der Waals surface area (Å²) in [7, 11) is 0. The molecule has 4 fully saturated rings. The molecular formula is C20H23Cl2NO3. The third-order valence-electron chi connectivity index (χ3n) is 6.23. The van der Waals surface area contributed by atoms with Crippen molar-refractivity contribution in [2.45, 2.75) is 57.1 Å². The summed E-state index contributed by atoms with van der Waals surface area (Å²) < 4.78 is 5.35. The summed E-state index contributed by atoms with van der Waals surface area (Å²) in [6.45, 7) is 1.61. The zero-order valence-corrected chi connectivity index (χ0v) is 16.3. The highest BCUT2D eigenvalue weighted by Crippen LogP contribution is 2.55. The molecule has 1 amide bonds. The van der Waals surface area contributed by atoms with Gasteiger partial charge in [0, 0.05) is 10.6 Å². The standard InChI is InChI=1S/C20H23Cl2NO3/c1-11(26-19(25)16-3-2-15(21)7-17(16)22)18(24)23-20-8-12-4-13(9-20)6-14(5-12)10-20/h2-3,7,11-14H,4-6,8-10H2,1H3,(H,23,24)/t11-,12?,13?,14?,20?/m0/s1. The second-order valence-corrected chi connectivity index (χ2v) is 9.20. The summed E-state index contributed by atoms with van der Waals surface area (Å²) in [6.07, 6.45) is 6.28. The van der Waals surface area contributed by atoms with E-state index in [1.165, 1.54) is 31.4 Å². The SMILES string of the molecule is C[C@H](OC(=O)c1ccc(Cl)cc1Cl)C(=O)NC12CC3CC(CC(C3)C1)C2. The predicted molar refractivity (Wildman–Crippen MR) is 100 cm³/mol. The molecule has 0 aliphatic heterocycles. The second kappa shape index (κ2) is 6.72. The van der Waals surface area contributed by atoms with Crippen molar-refractivity contribution in [3.63, 3.8) is 0 Å². The lowest BCUT2D eigenvalue weighted by molar-refractivity contribution is -0.134. The normalized spacial score (nSPS) is 33.0. The van der Waals surface area contributed by atoms with E-state index in [9.17, 15) is 9.59 Å². The number of hydrogen-bond acceptors (Lipinski definition) is 3. The van der Waals surface area contributed by atoms with Gasteiger partial charge in [0.15, 0.2) is 6.10 Å². The maximum Gasteiger partial charge on any atom is 0.340 e. The average Bonchev–Trinajstić information content (AvgIpc) is 2.52. The number of carbonyl (C=O) groups excluding carboxylic acids is 2. The minimum Gasteiger partial charge on any atom is -0.449 e. The molecule has 1 aromatic rings. The van der Waals surface area contributed by atoms with Crippen molar-refractivity contribution in [3.05, 3.63) is 33.8 Å². The van der Waals surface area contributed by atoms with E-state index in [-0.39, 0.29) is 22.0 Å². The van der Waals surface area contributed by atoms with Crippen LogP contribution in [0.4, 0.5) is 0 Å². The maximum absolute atomic E-state index is 12.7. The van der Waals surface area contributed by atoms with Gasteiger partial charge in [-0.05, 0) is 81.4 Å². The van der Waals surface area contributed by atoms with Gasteiger partial charge in [-0.15, -0.1) is 0 Å². The van der Waals surface area contributed by atoms with Crippen LogP contribution in [0, 0.1) is 17.8 Å². The third-order valence-corrected chi connectivity index (χ3v) is 6.78. The van der Waals surface area contributed by atoms with Crippen LogP contribution in [0.2, 0.25) is 10.0 Å². The lowest BCUT2D eigenvalue weighted by Gasteiger charge is -2.57. The van der Waals surface area contributed by atoms with E-state index in [2.05, 4.69) is 5.32 Å². The van der Waals surface area contributed by atoms with Gasteiger partial charge < -0.3 is 10.1 Å². The Morgan fingerprint density at radius 1 is 1.12 bits per heavy atom. The van der Waals surface area contributed by atoms with Gasteiger partial charge >= 0.3 is 5.97 Å². The van der Waals surface area contributed by atoms with Gasteiger partial charge in [0.05, 0.1) is 10.6 Å². The molecule has 0 heterocycles. The van der Waals surface area contributed by atoms with Crippen LogP contribution >= 0.6 is 23.2 Å². The van der Waals surface area contributed by atoms with Crippen LogP contribution in [0.1, 0.15) is 55.8 Å². The highest BCUT2D eigenvalue weighted by molar-refractivity contribution is 6.36. The van der Waals surface area contributed by atoms with Gasteiger partial charge in [0.1, 0.15) is 0 Å². The summed E-state index contributed by atoms with van der Waals surface area (Å²) in [4.78, 5) is 25.0. The van der Waals surface area contributed by atoms with E-state index >= 15 is 0 Å². The summed E-state index contributed by atoms with van der Waals surface area (Å²) in [6, 6.07) is 4.57. The summed E-state index contributed by atoms with van der Waals surface area (Å²) in [5.41, 5.74) is 0.121. The minimum absolute atomic E-state index is 0.0928. The van der Waals surface area contributed by atoms with Crippen LogP contribution < -0.4 is 5.32 Å². The van der Waals surface area contributed by atoms with Gasteiger partial charge in [0.2, 0.25) is 0 Å². The summed E-state index contributed by atoms with van der Waals surface area (Å²) in [5, 5.41) is 3.90. The fraction of sp³-hybridized carbons (Fsp3) is 0.600. The fourth-order valence-corrected chi connectivity index (χ4v) is 6.04. The Bertz CT molecular complexity index is 713. The Kier molecular flexibility index (Phi) is 4.68. The molecule has 0 spiro atoms. The quantitative estimate of drug-likeness (QED) is 0.756. The topological polar surface area (TPSA) is 55.4 Å². The first-order valence-electron chi connectivity index (χ1n) is 9.31. The number of ether oxygens (including phenoxy) is 1. The molecule has 6 heteroatoms. The van der Waals surface area contributed by atoms with Gasteiger partial charge in [0.25, 0.3) is 5.91 Å². The first-order chi connectivity index (χ1) is 12.3. The molecule has 1 N–H and O–H groups in total. The van der Waals surface area contributed by atoms with Crippen molar-refractivity contribution in [1.82, 2.24) is 5.32 Å². The molecule has 1 atom stereocenters. The second-order valence-electron chi connectivity index (χ2n) is 8.36. The molecule has 4 nitrogen and oxygen atoms in total. The van der Waals surface area contributed by atoms with E-state index in [0.717, 1.165) is 37.0 Å². The number of halogens is 2. The van der Waals surface area contributed by atoms with Crippen molar-refractivity contribution in [2.24, 2.45) is 17.8 Å². The summed E-state index contributed by atoms with van der Waals surface area (Å²) in [5.74, 6) is 1.40. The van der Waals surface area contributed by atoms with E-state index in [1.807, 2.05) is 0 Å². The predicted octanol–water partition coefficient (Wildman–Crippen LogP) is 4.62. The zero-order chi connectivity index (χ0) is 18.5. The Labute approximate surface area is 163 Å². The van der Waals surface area contributed by atoms with Gasteiger partial charge in [-0.2, -0.15) is 0 Å². The maximum atomic E-state index is 12.7. The first-order valence-corrected chi connectivity index (χ1v) is 10.1. The van der Waals surface area contributed by atoms with Crippen LogP contribution in [0.25, 0.3) is 0 Å². The van der Waals surface area contributed by atoms with E-state index in [0.29, 0.717) is 5.02 Å². The van der Waals surface area contributed by atoms with Crippen molar-refractivity contribution in [3.8, 4) is 0 Å². The molecule has 4 bridgehead atoms. The first kappa shape index (κ1) is 18.1. The molecule has 4 saturated carbocycles. The van der Waals surface area contributed by atoms with Crippen LogP contribution in [-0.4, -0.2) is 23.5 Å². The fourth-order valence-electron chi connectivity index (χ4n) is 5.56. The van der Waals surface area contributed by atoms with Crippen molar-refractivity contribution >= 4 is 35.1 Å². The molecule has 5 rings (SSSR count). The van der Waals surface area contributed by atoms with Crippen LogP contribution in [0.3, 0.4) is 0 Å². The molecule has 4 aliphatic carbocycles. The monoisotopic (exact) mass is 395 g/mol. The van der Waals surface area contributed by atoms with Gasteiger partial charge in [-0.25, -0.2) is 4.79 Å². The molecule has 0 aromatic heterocycles. The lowest BCUT2D eigenvalue weighted by atomic mass is 9.53. The lowest BCUT2D eigenvalue weighted by Crippen LogP contribution is -2.61. The Morgan fingerprint density at radius 2 is 1.69 bits per heavy atom. The van der Waals surface area contributed by atoms with E-state index < -0.39 is 12.1 Å². The van der Waals surface area contributed by atoms with Crippen molar-refractivity contribution in [2.75, 3.05) is 0 Å². The van der Waals surface area contributed by atoms with Crippen LogP contribution in [0.15, 0.2) is 18.2 Å². The molecule has 26 heavy (non-hydrogen) atoms. The van der Waals surface area contributed by atoms with Gasteiger partial charge in [-0.1, -0.05) is 23.2 Å². The Hall–Kier alpha value is -1.26. The summed E-state index contributed by atoms with van der Waals surface area (Å²) >= 11 is 11.9. The smallest absolute Gasteiger partial charge is 0.340 e. The third kappa shape index (κ3) is 3.46. The number of hydrogen-bond donors (Lipinski definition) is 1. The van der Waals surface area contributed by atoms with Crippen LogP contribution in [-0.2, 0) is 9.53 Å². The average molecular weight is 396 g/mol. The number of nitrogens with one attached hydrogen (secondary N) is 1. The molecule has 140 valence electrons. The number of rotatable bonds is 4. The number of benzene rings is 1. The van der Waals surface area contributed by atoms with Crippen molar-refractivity contribution < 1.29 is 14.3 Å². The molecule has 0 radical (unpaired) electrons. The molecular weight excluding hydrogens is 373 g/mol. The zero-order valence-electron chi connectivity index (χ0n) is 14.8. The van der Waals surface area contributed by atoms with Gasteiger partial charge in [-0.3, -0.25) is 4.79 Å². The molecule has 4 aliphatic rings. The van der Waals surface area contributed by atoms with E-state index in [1.54, 1.807) is 13.0 Å². The van der Waals surface area contributed by atoms with E-state index in [4.69, 9.17) is 27.9 Å². The molecule has 0 unspecified atom stereocenters. The number of carbonyl (C=O) groups is 2. The number of amides is 1. The Morgan fingerprint density at radius 3 is 2.23 bits per heavy atom. The molecule has 1 aromatic carbocycles. The van der Waals surface area contributed by atoms with Crippen molar-refractivity contribution in [1.29, 1.82) is 0 Å². The highest BCUT2D eigenvalue weighted by Gasteiger charge is 2.51. The Balaban J connectivity index is 1.40. The molecule has 0 saturated heterocycles. The largest absolute Gasteiger partial charge is 0.449 e. The minimum atomic E-state index is -0.859. The highest BCUT2D eigenvalue weighted by atomic mass is 35.5.